The van der Waals surface area contributed by atoms with Gasteiger partial charge in [0.2, 0.25) is 5.95 Å². The van der Waals surface area contributed by atoms with Crippen LogP contribution in [0.5, 0.6) is 0 Å². The first-order valence-electron chi connectivity index (χ1n) is 9.67. The molecule has 0 unspecified atom stereocenters. The molecule has 3 rings (SSSR count). The lowest BCUT2D eigenvalue weighted by Gasteiger charge is -2.39. The zero-order chi connectivity index (χ0) is 20.5. The molecule has 150 valence electrons. The summed E-state index contributed by atoms with van der Waals surface area (Å²) in [5.74, 6) is 0.991. The maximum atomic E-state index is 8.74. The summed E-state index contributed by atoms with van der Waals surface area (Å²) in [6, 6.07) is 6.20. The van der Waals surface area contributed by atoms with Crippen molar-refractivity contribution in [3.63, 3.8) is 0 Å². The van der Waals surface area contributed by atoms with E-state index in [0.717, 1.165) is 35.7 Å². The highest BCUT2D eigenvalue weighted by Gasteiger charge is 2.30. The van der Waals surface area contributed by atoms with Gasteiger partial charge in [0.15, 0.2) is 0 Å². The fourth-order valence-corrected chi connectivity index (χ4v) is 4.46. The molecule has 6 nitrogen and oxygen atoms in total. The smallest absolute Gasteiger partial charge is 0.212 e. The molecule has 2 heterocycles. The van der Waals surface area contributed by atoms with E-state index in [-0.39, 0.29) is 5.41 Å². The van der Waals surface area contributed by atoms with Crippen molar-refractivity contribution < 1.29 is 0 Å². The van der Waals surface area contributed by atoms with E-state index in [2.05, 4.69) is 42.8 Å². The average Bonchev–Trinajstić information content (AvgIpc) is 2.67. The number of anilines is 1. The number of hydrogen-bond acceptors (Lipinski definition) is 6. The van der Waals surface area contributed by atoms with Crippen LogP contribution in [0.3, 0.4) is 0 Å². The third-order valence-corrected chi connectivity index (χ3v) is 6.99. The molecule has 0 spiro atoms. The van der Waals surface area contributed by atoms with Gasteiger partial charge in [-0.3, -0.25) is 15.4 Å². The van der Waals surface area contributed by atoms with E-state index < -0.39 is 0 Å². The summed E-state index contributed by atoms with van der Waals surface area (Å²) in [7, 11) is 0. The number of benzene rings is 1. The van der Waals surface area contributed by atoms with Gasteiger partial charge in [-0.25, -0.2) is 4.98 Å². The summed E-state index contributed by atoms with van der Waals surface area (Å²) in [4.78, 5) is 8.74. The van der Waals surface area contributed by atoms with Crippen molar-refractivity contribution in [2.75, 3.05) is 24.5 Å². The second-order valence-electron chi connectivity index (χ2n) is 7.99. The molecular weight excluding hydrogens is 368 g/mol. The van der Waals surface area contributed by atoms with Crippen LogP contribution in [-0.2, 0) is 0 Å². The topological polar surface area (TPSA) is 94.8 Å². The van der Waals surface area contributed by atoms with Crippen LogP contribution in [0.15, 0.2) is 34.2 Å². The molecule has 28 heavy (non-hydrogen) atoms. The van der Waals surface area contributed by atoms with Gasteiger partial charge in [-0.2, -0.15) is 0 Å². The molecule has 2 aromatic rings. The lowest BCUT2D eigenvalue weighted by atomic mass is 9.81. The average molecular weight is 399 g/mol. The summed E-state index contributed by atoms with van der Waals surface area (Å²) in [6.45, 7) is 10.5. The molecule has 0 radical (unpaired) electrons. The Morgan fingerprint density at radius 3 is 2.54 bits per heavy atom. The number of aromatic nitrogens is 2. The van der Waals surface area contributed by atoms with Crippen molar-refractivity contribution in [1.29, 1.82) is 10.8 Å². The van der Waals surface area contributed by atoms with Gasteiger partial charge in [-0.15, -0.1) is 0 Å². The van der Waals surface area contributed by atoms with E-state index in [1.165, 1.54) is 11.1 Å². The highest BCUT2D eigenvalue weighted by molar-refractivity contribution is 7.99. The first kappa shape index (κ1) is 20.6. The maximum Gasteiger partial charge on any atom is 0.212 e. The Balaban J connectivity index is 1.95. The normalized spacial score (nSPS) is 16.2. The number of hydrogen-bond donors (Lipinski definition) is 3. The third kappa shape index (κ3) is 4.00. The van der Waals surface area contributed by atoms with E-state index in [1.807, 2.05) is 6.07 Å². The second-order valence-corrected chi connectivity index (χ2v) is 9.08. The molecule has 0 saturated carbocycles. The Hall–Kier alpha value is -2.12. The summed E-state index contributed by atoms with van der Waals surface area (Å²) in [5.41, 5.74) is 8.86. The lowest BCUT2D eigenvalue weighted by Crippen LogP contribution is -2.45. The van der Waals surface area contributed by atoms with Crippen LogP contribution in [0.2, 0.25) is 0 Å². The zero-order valence-corrected chi connectivity index (χ0v) is 18.0. The number of rotatable bonds is 4. The van der Waals surface area contributed by atoms with E-state index in [1.54, 1.807) is 29.4 Å². The minimum absolute atomic E-state index is 0.170. The molecule has 1 aromatic heterocycles. The summed E-state index contributed by atoms with van der Waals surface area (Å²) in [6.07, 6.45) is 3.77. The predicted molar refractivity (Wildman–Crippen MR) is 116 cm³/mol. The Morgan fingerprint density at radius 2 is 1.93 bits per heavy atom. The van der Waals surface area contributed by atoms with Crippen LogP contribution in [0.4, 0.5) is 5.95 Å². The summed E-state index contributed by atoms with van der Waals surface area (Å²) < 4.78 is 1.65. The monoisotopic (exact) mass is 398 g/mol. The number of piperidine rings is 1. The van der Waals surface area contributed by atoms with Crippen LogP contribution in [0, 0.1) is 30.1 Å². The van der Waals surface area contributed by atoms with E-state index in [0.29, 0.717) is 23.8 Å². The quantitative estimate of drug-likeness (QED) is 0.542. The molecule has 4 N–H and O–H groups in total. The lowest BCUT2D eigenvalue weighted by molar-refractivity contribution is 0.256. The van der Waals surface area contributed by atoms with Gasteiger partial charge >= 0.3 is 0 Å². The van der Waals surface area contributed by atoms with Crippen molar-refractivity contribution in [2.45, 2.75) is 50.3 Å². The summed E-state index contributed by atoms with van der Waals surface area (Å²) >= 11 is 1.54. The predicted octanol–water partition coefficient (Wildman–Crippen LogP) is 3.54. The maximum absolute atomic E-state index is 8.74. The molecule has 7 heteroatoms. The number of nitrogens with one attached hydrogen (secondary N) is 2. The Labute approximate surface area is 171 Å². The van der Waals surface area contributed by atoms with Gasteiger partial charge in [0, 0.05) is 24.2 Å². The molecule has 1 aromatic carbocycles. The van der Waals surface area contributed by atoms with Gasteiger partial charge < -0.3 is 10.6 Å². The molecular formula is C21H30N6S. The highest BCUT2D eigenvalue weighted by Crippen LogP contribution is 2.32. The minimum atomic E-state index is 0.170. The first-order valence-corrected chi connectivity index (χ1v) is 10.5. The minimum Gasteiger partial charge on any atom is -0.342 e. The standard InChI is InChI=1S/C21H30N6S/c1-14-6-5-7-17(15(14)2)28-18-12-25-20(27(16(3)23)19(18)24)26-10-8-21(4,13-22)9-11-26/h5-7,12,23-24H,8-11,13,22H2,1-4H3. The molecule has 1 saturated heterocycles. The molecule has 0 atom stereocenters. The van der Waals surface area contributed by atoms with E-state index in [9.17, 15) is 0 Å². The third-order valence-electron chi connectivity index (χ3n) is 5.81. The molecule has 1 aliphatic rings. The van der Waals surface area contributed by atoms with Gasteiger partial charge in [0.25, 0.3) is 0 Å². The number of aryl methyl sites for hydroxylation is 1. The van der Waals surface area contributed by atoms with Crippen LogP contribution in [0.1, 0.15) is 37.8 Å². The van der Waals surface area contributed by atoms with E-state index in [4.69, 9.17) is 16.6 Å². The molecule has 0 amide bonds. The Morgan fingerprint density at radius 1 is 1.25 bits per heavy atom. The van der Waals surface area contributed by atoms with Crippen LogP contribution < -0.4 is 16.1 Å². The van der Waals surface area contributed by atoms with Gasteiger partial charge in [0.05, 0.1) is 4.90 Å². The SMILES string of the molecule is CC(=N)n1c(N2CCC(C)(CN)CC2)ncc(Sc2cccc(C)c2C)c1=N. The Kier molecular flexibility index (Phi) is 5.95. The van der Waals surface area contributed by atoms with Crippen molar-refractivity contribution in [1.82, 2.24) is 9.55 Å². The van der Waals surface area contributed by atoms with E-state index >= 15 is 0 Å². The van der Waals surface area contributed by atoms with Crippen LogP contribution in [0.25, 0.3) is 0 Å². The first-order chi connectivity index (χ1) is 13.3. The number of nitrogens with zero attached hydrogens (tertiary/aromatic N) is 3. The fraction of sp³-hybridized carbons (Fsp3) is 0.476. The van der Waals surface area contributed by atoms with Crippen molar-refractivity contribution >= 4 is 23.5 Å². The van der Waals surface area contributed by atoms with Crippen LogP contribution in [-0.4, -0.2) is 35.0 Å². The zero-order valence-electron chi connectivity index (χ0n) is 17.2. The summed E-state index contributed by atoms with van der Waals surface area (Å²) in [5, 5.41) is 17.0. The van der Waals surface area contributed by atoms with Gasteiger partial charge in [-0.1, -0.05) is 30.8 Å². The van der Waals surface area contributed by atoms with Gasteiger partial charge in [-0.05, 0) is 62.8 Å². The second kappa shape index (κ2) is 8.09. The number of nitrogens with two attached hydrogens (primary N) is 1. The fourth-order valence-electron chi connectivity index (χ4n) is 3.46. The van der Waals surface area contributed by atoms with Crippen LogP contribution >= 0.6 is 11.8 Å². The molecule has 0 aliphatic carbocycles. The largest absolute Gasteiger partial charge is 0.342 e. The molecule has 0 bridgehead atoms. The molecule has 1 aliphatic heterocycles. The highest BCUT2D eigenvalue weighted by atomic mass is 32.2. The van der Waals surface area contributed by atoms with Gasteiger partial charge in [0.1, 0.15) is 11.3 Å². The Bertz CT molecular complexity index is 940. The van der Waals surface area contributed by atoms with Crippen molar-refractivity contribution in [3.05, 3.63) is 41.0 Å². The van der Waals surface area contributed by atoms with Crippen molar-refractivity contribution in [2.24, 2.45) is 11.1 Å². The van der Waals surface area contributed by atoms with Crippen molar-refractivity contribution in [3.8, 4) is 0 Å². The molecule has 1 fully saturated rings.